The number of hydrogen-bond donors (Lipinski definition) is 0. The average molecular weight is 286 g/mol. The van der Waals surface area contributed by atoms with Crippen molar-refractivity contribution < 1.29 is 9.53 Å². The lowest BCUT2D eigenvalue weighted by Gasteiger charge is -2.27. The quantitative estimate of drug-likeness (QED) is 0.797. The molecule has 3 aliphatic rings. The van der Waals surface area contributed by atoms with Gasteiger partial charge in [-0.1, -0.05) is 6.42 Å². The van der Waals surface area contributed by atoms with E-state index in [-0.39, 0.29) is 11.9 Å². The van der Waals surface area contributed by atoms with Crippen molar-refractivity contribution in [3.05, 3.63) is 17.8 Å². The number of nitrogens with zero attached hydrogens (tertiary/aromatic N) is 2. The molecule has 0 amide bonds. The molecule has 0 radical (unpaired) electrons. The van der Waals surface area contributed by atoms with Crippen LogP contribution in [0.5, 0.6) is 5.75 Å². The first-order valence-corrected chi connectivity index (χ1v) is 8.28. The van der Waals surface area contributed by atoms with Gasteiger partial charge in [0.2, 0.25) is 0 Å². The van der Waals surface area contributed by atoms with Crippen molar-refractivity contribution >= 4 is 11.8 Å². The average Bonchev–Trinajstić information content (AvgIpc) is 3.14. The largest absolute Gasteiger partial charge is 0.422 e. The Kier molecular flexibility index (Phi) is 3.32. The van der Waals surface area contributed by atoms with Gasteiger partial charge in [-0.25, -0.2) is 4.98 Å². The Balaban J connectivity index is 1.61. The second kappa shape index (κ2) is 5.32. The fourth-order valence-electron chi connectivity index (χ4n) is 3.17. The zero-order chi connectivity index (χ0) is 14.2. The van der Waals surface area contributed by atoms with Crippen LogP contribution in [0.15, 0.2) is 12.3 Å². The van der Waals surface area contributed by atoms with Crippen molar-refractivity contribution in [2.24, 2.45) is 5.92 Å². The summed E-state index contributed by atoms with van der Waals surface area (Å²) in [5.41, 5.74) is 1.24. The van der Waals surface area contributed by atoms with E-state index in [1.165, 1.54) is 37.7 Å². The van der Waals surface area contributed by atoms with E-state index in [2.05, 4.69) is 16.0 Å². The molecule has 3 fully saturated rings. The minimum Gasteiger partial charge on any atom is -0.422 e. The van der Waals surface area contributed by atoms with E-state index in [4.69, 9.17) is 4.74 Å². The highest BCUT2D eigenvalue weighted by Gasteiger charge is 2.33. The maximum Gasteiger partial charge on any atom is 0.314 e. The summed E-state index contributed by atoms with van der Waals surface area (Å²) in [4.78, 5) is 18.9. The number of carbonyl (C=O) groups excluding carboxylic acids is 1. The summed E-state index contributed by atoms with van der Waals surface area (Å²) >= 11 is 0. The van der Waals surface area contributed by atoms with Gasteiger partial charge >= 0.3 is 5.97 Å². The molecule has 4 heteroatoms. The minimum absolute atomic E-state index is 0.0667. The normalized spacial score (nSPS) is 22.2. The Bertz CT molecular complexity index is 544. The molecule has 0 N–H and O–H groups in total. The van der Waals surface area contributed by atoms with Gasteiger partial charge < -0.3 is 9.64 Å². The maximum atomic E-state index is 12.0. The van der Waals surface area contributed by atoms with Gasteiger partial charge in [0.25, 0.3) is 0 Å². The summed E-state index contributed by atoms with van der Waals surface area (Å²) in [5.74, 6) is 2.23. The Morgan fingerprint density at radius 2 is 1.90 bits per heavy atom. The topological polar surface area (TPSA) is 42.4 Å². The molecule has 2 heterocycles. The Hall–Kier alpha value is -1.58. The van der Waals surface area contributed by atoms with Crippen molar-refractivity contribution in [3.8, 4) is 5.75 Å². The number of carbonyl (C=O) groups is 1. The summed E-state index contributed by atoms with van der Waals surface area (Å²) in [6.45, 7) is 2.04. The third-order valence-corrected chi connectivity index (χ3v) is 4.96. The number of anilines is 1. The highest BCUT2D eigenvalue weighted by Crippen LogP contribution is 2.40. The zero-order valence-electron chi connectivity index (χ0n) is 12.4. The second-order valence-electron chi connectivity index (χ2n) is 6.61. The Morgan fingerprint density at radius 1 is 1.14 bits per heavy atom. The van der Waals surface area contributed by atoms with Crippen molar-refractivity contribution in [1.82, 2.24) is 4.98 Å². The summed E-state index contributed by atoms with van der Waals surface area (Å²) in [6, 6.07) is 2.07. The van der Waals surface area contributed by atoms with E-state index in [0.29, 0.717) is 11.7 Å². The Morgan fingerprint density at radius 3 is 2.52 bits per heavy atom. The monoisotopic (exact) mass is 286 g/mol. The van der Waals surface area contributed by atoms with E-state index in [1.54, 1.807) is 0 Å². The van der Waals surface area contributed by atoms with Gasteiger partial charge in [-0.05, 0) is 56.1 Å². The van der Waals surface area contributed by atoms with E-state index in [9.17, 15) is 4.79 Å². The van der Waals surface area contributed by atoms with Crippen LogP contribution in [-0.2, 0) is 4.79 Å². The smallest absolute Gasteiger partial charge is 0.314 e. The summed E-state index contributed by atoms with van der Waals surface area (Å²) < 4.78 is 5.70. The standard InChI is InChI=1S/C17H22N2O2/c20-17(13-6-7-13)21-15-10-14(12-4-3-5-12)11-18-16(15)19-8-1-2-9-19/h10-13H,1-9H2. The first-order valence-electron chi connectivity index (χ1n) is 8.28. The van der Waals surface area contributed by atoms with E-state index < -0.39 is 0 Å². The molecule has 2 saturated carbocycles. The molecule has 4 rings (SSSR count). The third kappa shape index (κ3) is 2.63. The lowest BCUT2D eigenvalue weighted by atomic mass is 9.81. The molecule has 1 aliphatic heterocycles. The van der Waals surface area contributed by atoms with Crippen LogP contribution in [0.1, 0.15) is 56.4 Å². The van der Waals surface area contributed by atoms with Gasteiger partial charge in [-0.15, -0.1) is 0 Å². The minimum atomic E-state index is -0.0667. The van der Waals surface area contributed by atoms with Crippen LogP contribution >= 0.6 is 0 Å². The lowest BCUT2D eigenvalue weighted by molar-refractivity contribution is -0.135. The lowest BCUT2D eigenvalue weighted by Crippen LogP contribution is -2.22. The van der Waals surface area contributed by atoms with Crippen molar-refractivity contribution in [1.29, 1.82) is 0 Å². The molecule has 112 valence electrons. The fraction of sp³-hybridized carbons (Fsp3) is 0.647. The number of aromatic nitrogens is 1. The highest BCUT2D eigenvalue weighted by atomic mass is 16.5. The maximum absolute atomic E-state index is 12.0. The van der Waals surface area contributed by atoms with Crippen LogP contribution in [0.2, 0.25) is 0 Å². The molecule has 4 nitrogen and oxygen atoms in total. The van der Waals surface area contributed by atoms with E-state index >= 15 is 0 Å². The number of ether oxygens (including phenoxy) is 1. The molecule has 0 unspecified atom stereocenters. The van der Waals surface area contributed by atoms with E-state index in [1.807, 2.05) is 6.20 Å². The van der Waals surface area contributed by atoms with Crippen molar-refractivity contribution in [2.75, 3.05) is 18.0 Å². The van der Waals surface area contributed by atoms with Gasteiger partial charge in [-0.2, -0.15) is 0 Å². The molecule has 0 bridgehead atoms. The number of rotatable bonds is 4. The molecule has 0 aromatic carbocycles. The molecule has 1 aromatic rings. The van der Waals surface area contributed by atoms with Crippen LogP contribution in [-0.4, -0.2) is 24.0 Å². The van der Waals surface area contributed by atoms with Crippen LogP contribution in [0, 0.1) is 5.92 Å². The summed E-state index contributed by atoms with van der Waals surface area (Å²) in [7, 11) is 0. The van der Waals surface area contributed by atoms with Gasteiger partial charge in [0.1, 0.15) is 0 Å². The predicted octanol–water partition coefficient (Wildman–Crippen LogP) is 3.26. The number of pyridine rings is 1. The molecule has 1 saturated heterocycles. The number of esters is 1. The SMILES string of the molecule is O=C(Oc1cc(C2CCC2)cnc1N1CCCC1)C1CC1. The summed E-state index contributed by atoms with van der Waals surface area (Å²) in [5, 5.41) is 0. The van der Waals surface area contributed by atoms with Crippen LogP contribution in [0.25, 0.3) is 0 Å². The van der Waals surface area contributed by atoms with Crippen LogP contribution in [0.3, 0.4) is 0 Å². The van der Waals surface area contributed by atoms with E-state index in [0.717, 1.165) is 31.7 Å². The zero-order valence-corrected chi connectivity index (χ0v) is 12.4. The van der Waals surface area contributed by atoms with Crippen LogP contribution in [0.4, 0.5) is 5.82 Å². The van der Waals surface area contributed by atoms with Crippen molar-refractivity contribution in [2.45, 2.75) is 50.9 Å². The van der Waals surface area contributed by atoms with Gasteiger partial charge in [0, 0.05) is 19.3 Å². The molecule has 0 spiro atoms. The molecule has 2 aliphatic carbocycles. The van der Waals surface area contributed by atoms with Gasteiger partial charge in [0.05, 0.1) is 5.92 Å². The molecular weight excluding hydrogens is 264 g/mol. The molecule has 0 atom stereocenters. The summed E-state index contributed by atoms with van der Waals surface area (Å²) in [6.07, 6.45) is 10.1. The van der Waals surface area contributed by atoms with Gasteiger partial charge in [0.15, 0.2) is 11.6 Å². The molecular formula is C17H22N2O2. The first kappa shape index (κ1) is 13.1. The van der Waals surface area contributed by atoms with Crippen molar-refractivity contribution in [3.63, 3.8) is 0 Å². The van der Waals surface area contributed by atoms with Gasteiger partial charge in [-0.3, -0.25) is 4.79 Å². The highest BCUT2D eigenvalue weighted by molar-refractivity contribution is 5.79. The second-order valence-corrected chi connectivity index (χ2v) is 6.61. The number of hydrogen-bond acceptors (Lipinski definition) is 4. The predicted molar refractivity (Wildman–Crippen MR) is 80.6 cm³/mol. The fourth-order valence-corrected chi connectivity index (χ4v) is 3.17. The molecule has 21 heavy (non-hydrogen) atoms. The third-order valence-electron chi connectivity index (χ3n) is 4.96. The first-order chi connectivity index (χ1) is 10.3. The molecule has 1 aromatic heterocycles. The van der Waals surface area contributed by atoms with Crippen LogP contribution < -0.4 is 9.64 Å². The Labute approximate surface area is 125 Å².